The van der Waals surface area contributed by atoms with Crippen LogP contribution in [0.25, 0.3) is 0 Å². The Morgan fingerprint density at radius 2 is 2.00 bits per heavy atom. The molecular formula is C11H20N2O3S. The van der Waals surface area contributed by atoms with Crippen molar-refractivity contribution in [2.45, 2.75) is 38.1 Å². The summed E-state index contributed by atoms with van der Waals surface area (Å²) in [6, 6.07) is 0.142. The van der Waals surface area contributed by atoms with Crippen LogP contribution in [0.2, 0.25) is 0 Å². The maximum absolute atomic E-state index is 11.2. The molecule has 0 aromatic carbocycles. The van der Waals surface area contributed by atoms with Gasteiger partial charge in [-0.1, -0.05) is 0 Å². The van der Waals surface area contributed by atoms with Crippen molar-refractivity contribution in [2.75, 3.05) is 12.3 Å². The molecule has 0 unspecified atom stereocenters. The predicted molar refractivity (Wildman–Crippen MR) is 68.0 cm³/mol. The smallest absolute Gasteiger partial charge is 0.303 e. The monoisotopic (exact) mass is 260 g/mol. The lowest BCUT2D eigenvalue weighted by Crippen LogP contribution is -2.44. The summed E-state index contributed by atoms with van der Waals surface area (Å²) in [6.07, 6.45) is 3.23. The fourth-order valence-corrected chi connectivity index (χ4v) is 2.51. The Labute approximate surface area is 107 Å². The number of carboxylic acid groups (broad SMARTS) is 1. The van der Waals surface area contributed by atoms with E-state index >= 15 is 0 Å². The molecule has 0 radical (unpaired) electrons. The molecule has 1 fully saturated rings. The highest BCUT2D eigenvalue weighted by Gasteiger charge is 2.36. The van der Waals surface area contributed by atoms with Crippen LogP contribution in [-0.2, 0) is 9.59 Å². The van der Waals surface area contributed by atoms with E-state index in [9.17, 15) is 9.59 Å². The Hall–Kier alpha value is -0.750. The zero-order chi connectivity index (χ0) is 12.9. The van der Waals surface area contributed by atoms with E-state index in [0.29, 0.717) is 6.54 Å². The third-order valence-electron chi connectivity index (χ3n) is 3.51. The molecule has 1 saturated carbocycles. The van der Waals surface area contributed by atoms with Gasteiger partial charge in [-0.05, 0) is 37.6 Å². The van der Waals surface area contributed by atoms with Crippen LogP contribution < -0.4 is 11.1 Å². The highest BCUT2D eigenvalue weighted by atomic mass is 32.1. The molecule has 4 N–H and O–H groups in total. The number of nitrogens with one attached hydrogen (secondary N) is 1. The van der Waals surface area contributed by atoms with Crippen molar-refractivity contribution >= 4 is 24.5 Å². The Morgan fingerprint density at radius 1 is 1.41 bits per heavy atom. The van der Waals surface area contributed by atoms with Gasteiger partial charge >= 0.3 is 5.97 Å². The van der Waals surface area contributed by atoms with Crippen molar-refractivity contribution in [2.24, 2.45) is 11.1 Å². The van der Waals surface area contributed by atoms with Crippen LogP contribution >= 0.6 is 12.6 Å². The van der Waals surface area contributed by atoms with Gasteiger partial charge in [0.15, 0.2) is 0 Å². The van der Waals surface area contributed by atoms with Gasteiger partial charge in [0.1, 0.15) is 0 Å². The fourth-order valence-electron chi connectivity index (χ4n) is 2.42. The summed E-state index contributed by atoms with van der Waals surface area (Å²) in [5.74, 6) is -0.682. The molecule has 0 aliphatic heterocycles. The largest absolute Gasteiger partial charge is 0.481 e. The molecule has 1 rings (SSSR count). The molecule has 1 aliphatic carbocycles. The van der Waals surface area contributed by atoms with Crippen LogP contribution in [0.3, 0.4) is 0 Å². The highest BCUT2D eigenvalue weighted by molar-refractivity contribution is 7.81. The number of hydrogen-bond donors (Lipinski definition) is 4. The zero-order valence-corrected chi connectivity index (χ0v) is 10.7. The zero-order valence-electron chi connectivity index (χ0n) is 9.82. The molecule has 98 valence electrons. The van der Waals surface area contributed by atoms with Gasteiger partial charge < -0.3 is 16.2 Å². The lowest BCUT2D eigenvalue weighted by Gasteiger charge is -2.38. The first-order valence-electron chi connectivity index (χ1n) is 5.83. The van der Waals surface area contributed by atoms with Gasteiger partial charge in [0.2, 0.25) is 5.91 Å². The number of thiol groups is 1. The van der Waals surface area contributed by atoms with Gasteiger partial charge in [0.05, 0.1) is 12.2 Å². The third kappa shape index (κ3) is 4.20. The molecule has 0 saturated heterocycles. The average molecular weight is 260 g/mol. The van der Waals surface area contributed by atoms with Gasteiger partial charge in [0.25, 0.3) is 0 Å². The third-order valence-corrected chi connectivity index (χ3v) is 3.80. The molecule has 1 aliphatic rings. The number of aliphatic carboxylic acids is 1. The molecule has 0 aromatic heterocycles. The van der Waals surface area contributed by atoms with Crippen LogP contribution in [-0.4, -0.2) is 35.3 Å². The number of amides is 1. The second-order valence-electron chi connectivity index (χ2n) is 4.77. The number of carbonyl (C=O) groups is 2. The molecule has 0 heterocycles. The van der Waals surface area contributed by atoms with Crippen LogP contribution in [0.5, 0.6) is 0 Å². The minimum Gasteiger partial charge on any atom is -0.481 e. The number of hydrogen-bond acceptors (Lipinski definition) is 4. The minimum atomic E-state index is -0.798. The summed E-state index contributed by atoms with van der Waals surface area (Å²) < 4.78 is 0. The standard InChI is InChI=1S/C11H20N2O3S/c12-7-11(5-10(15)16)3-1-8(2-4-11)13-9(14)6-17/h8,17H,1-7,12H2,(H,13,14)(H,15,16). The molecule has 1 amide bonds. The maximum Gasteiger partial charge on any atom is 0.303 e. The van der Waals surface area contributed by atoms with Gasteiger partial charge in [0, 0.05) is 6.04 Å². The minimum absolute atomic E-state index is 0.0724. The van der Waals surface area contributed by atoms with E-state index in [1.807, 2.05) is 0 Å². The lowest BCUT2D eigenvalue weighted by atomic mass is 9.70. The summed E-state index contributed by atoms with van der Waals surface area (Å²) >= 11 is 3.90. The van der Waals surface area contributed by atoms with Crippen molar-refractivity contribution in [3.05, 3.63) is 0 Å². The molecule has 0 atom stereocenters. The second-order valence-corrected chi connectivity index (χ2v) is 5.09. The van der Waals surface area contributed by atoms with Gasteiger partial charge in [-0.25, -0.2) is 0 Å². The van der Waals surface area contributed by atoms with Crippen LogP contribution in [0.4, 0.5) is 0 Å². The maximum atomic E-state index is 11.2. The summed E-state index contributed by atoms with van der Waals surface area (Å²) in [4.78, 5) is 22.0. The Bertz CT molecular complexity index is 288. The van der Waals surface area contributed by atoms with Crippen LogP contribution in [0.15, 0.2) is 0 Å². The highest BCUT2D eigenvalue weighted by Crippen LogP contribution is 2.38. The molecule has 0 aromatic rings. The number of rotatable bonds is 5. The van der Waals surface area contributed by atoms with Crippen molar-refractivity contribution in [3.8, 4) is 0 Å². The second kappa shape index (κ2) is 6.26. The average Bonchev–Trinajstić information content (AvgIpc) is 2.31. The first kappa shape index (κ1) is 14.3. The fraction of sp³-hybridized carbons (Fsp3) is 0.818. The van der Waals surface area contributed by atoms with Crippen molar-refractivity contribution < 1.29 is 14.7 Å². The van der Waals surface area contributed by atoms with Crippen LogP contribution in [0, 0.1) is 5.41 Å². The quantitative estimate of drug-likeness (QED) is 0.538. The van der Waals surface area contributed by atoms with Gasteiger partial charge in [-0.3, -0.25) is 9.59 Å². The van der Waals surface area contributed by atoms with E-state index < -0.39 is 5.97 Å². The first-order valence-corrected chi connectivity index (χ1v) is 6.47. The number of carboxylic acids is 1. The normalized spacial score (nSPS) is 28.7. The molecule has 0 bridgehead atoms. The Morgan fingerprint density at radius 3 is 2.41 bits per heavy atom. The molecule has 6 heteroatoms. The number of nitrogens with two attached hydrogens (primary N) is 1. The predicted octanol–water partition coefficient (Wildman–Crippen LogP) is 0.395. The van der Waals surface area contributed by atoms with E-state index in [-0.39, 0.29) is 29.5 Å². The Balaban J connectivity index is 2.47. The molecule has 5 nitrogen and oxygen atoms in total. The summed E-state index contributed by atoms with van der Waals surface area (Å²) in [5.41, 5.74) is 5.41. The van der Waals surface area contributed by atoms with Gasteiger partial charge in [-0.15, -0.1) is 0 Å². The topological polar surface area (TPSA) is 92.4 Å². The lowest BCUT2D eigenvalue weighted by molar-refractivity contribution is -0.140. The van der Waals surface area contributed by atoms with E-state index in [2.05, 4.69) is 17.9 Å². The van der Waals surface area contributed by atoms with Crippen molar-refractivity contribution in [1.82, 2.24) is 5.32 Å². The van der Waals surface area contributed by atoms with E-state index in [0.717, 1.165) is 25.7 Å². The van der Waals surface area contributed by atoms with E-state index in [4.69, 9.17) is 10.8 Å². The van der Waals surface area contributed by atoms with Crippen molar-refractivity contribution in [1.29, 1.82) is 0 Å². The number of carbonyl (C=O) groups excluding carboxylic acids is 1. The van der Waals surface area contributed by atoms with Crippen molar-refractivity contribution in [3.63, 3.8) is 0 Å². The van der Waals surface area contributed by atoms with Gasteiger partial charge in [-0.2, -0.15) is 12.6 Å². The van der Waals surface area contributed by atoms with E-state index in [1.165, 1.54) is 0 Å². The summed E-state index contributed by atoms with van der Waals surface area (Å²) in [7, 11) is 0. The molecule has 0 spiro atoms. The molecule has 17 heavy (non-hydrogen) atoms. The molecular weight excluding hydrogens is 240 g/mol. The van der Waals surface area contributed by atoms with E-state index in [1.54, 1.807) is 0 Å². The summed E-state index contributed by atoms with van der Waals surface area (Å²) in [5, 5.41) is 11.8. The summed E-state index contributed by atoms with van der Waals surface area (Å²) in [6.45, 7) is 0.395. The Kier molecular flexibility index (Phi) is 5.27. The first-order chi connectivity index (χ1) is 8.01. The SMILES string of the molecule is NCC1(CC(=O)O)CCC(NC(=O)CS)CC1. The van der Waals surface area contributed by atoms with Crippen LogP contribution in [0.1, 0.15) is 32.1 Å².